The van der Waals surface area contributed by atoms with Gasteiger partial charge >= 0.3 is 5.00 Å². The minimum Gasteiger partial charge on any atom is -0.399 e. The highest BCUT2D eigenvalue weighted by atomic mass is 32.1. The van der Waals surface area contributed by atoms with Crippen molar-refractivity contribution in [3.05, 3.63) is 45.6 Å². The summed E-state index contributed by atoms with van der Waals surface area (Å²) in [7, 11) is 0. The molecule has 0 aliphatic carbocycles. The Bertz CT molecular complexity index is 653. The Morgan fingerprint density at radius 1 is 1.53 bits per heavy atom. The maximum absolute atomic E-state index is 12.0. The molecule has 1 amide bonds. The van der Waals surface area contributed by atoms with Gasteiger partial charge in [0, 0.05) is 11.3 Å². The van der Waals surface area contributed by atoms with Gasteiger partial charge in [0.25, 0.3) is 5.91 Å². The number of aryl methyl sites for hydroxylation is 1. The number of anilines is 2. The molecule has 0 aliphatic heterocycles. The monoisotopic (exact) mass is 278 g/mol. The van der Waals surface area contributed by atoms with Crippen LogP contribution in [0.3, 0.4) is 0 Å². The summed E-state index contributed by atoms with van der Waals surface area (Å²) in [5, 5.41) is 13.1. The molecule has 0 spiro atoms. The molecule has 0 saturated heterocycles. The van der Waals surface area contributed by atoms with Crippen molar-refractivity contribution in [1.82, 2.24) is 4.98 Å². The lowest BCUT2D eigenvalue weighted by molar-refractivity contribution is -0.380. The first-order valence-electron chi connectivity index (χ1n) is 5.25. The fourth-order valence-electron chi connectivity index (χ4n) is 1.51. The molecular formula is C11H10N4O3S. The number of hydrogen-bond donors (Lipinski definition) is 2. The molecule has 0 aliphatic rings. The van der Waals surface area contributed by atoms with Gasteiger partial charge in [-0.3, -0.25) is 20.2 Å². The third kappa shape index (κ3) is 2.86. The lowest BCUT2D eigenvalue weighted by atomic mass is 10.1. The molecule has 0 unspecified atom stereocenters. The van der Waals surface area contributed by atoms with Crippen LogP contribution in [0.25, 0.3) is 0 Å². The number of carbonyl (C=O) groups excluding carboxylic acids is 1. The predicted molar refractivity (Wildman–Crippen MR) is 72.3 cm³/mol. The Hall–Kier alpha value is -2.48. The van der Waals surface area contributed by atoms with Crippen molar-refractivity contribution in [2.75, 3.05) is 11.1 Å². The molecule has 1 aromatic carbocycles. The highest BCUT2D eigenvalue weighted by molar-refractivity contribution is 7.18. The van der Waals surface area contributed by atoms with Gasteiger partial charge in [-0.25, -0.2) is 4.98 Å². The van der Waals surface area contributed by atoms with Crippen molar-refractivity contribution in [1.29, 1.82) is 0 Å². The third-order valence-corrected chi connectivity index (χ3v) is 3.25. The van der Waals surface area contributed by atoms with Crippen LogP contribution in [0.2, 0.25) is 0 Å². The van der Waals surface area contributed by atoms with Gasteiger partial charge in [0.1, 0.15) is 6.20 Å². The molecule has 1 aromatic heterocycles. The van der Waals surface area contributed by atoms with E-state index in [1.807, 2.05) is 0 Å². The normalized spacial score (nSPS) is 10.2. The number of nitrogens with one attached hydrogen (secondary N) is 1. The van der Waals surface area contributed by atoms with Gasteiger partial charge in [0.2, 0.25) is 0 Å². The molecule has 1 heterocycles. The Balaban J connectivity index is 2.18. The van der Waals surface area contributed by atoms with Crippen molar-refractivity contribution in [3.8, 4) is 0 Å². The summed E-state index contributed by atoms with van der Waals surface area (Å²) >= 11 is 0.806. The second kappa shape index (κ2) is 5.02. The molecule has 0 atom stereocenters. The Morgan fingerprint density at radius 2 is 2.26 bits per heavy atom. The maximum Gasteiger partial charge on any atom is 0.345 e. The van der Waals surface area contributed by atoms with Crippen molar-refractivity contribution < 1.29 is 9.72 Å². The zero-order valence-corrected chi connectivity index (χ0v) is 10.7. The van der Waals surface area contributed by atoms with E-state index < -0.39 is 4.92 Å². The number of nitrogens with zero attached hydrogens (tertiary/aromatic N) is 2. The molecule has 98 valence electrons. The van der Waals surface area contributed by atoms with E-state index in [9.17, 15) is 14.9 Å². The van der Waals surface area contributed by atoms with E-state index >= 15 is 0 Å². The molecule has 19 heavy (non-hydrogen) atoms. The predicted octanol–water partition coefficient (Wildman–Crippen LogP) is 2.19. The topological polar surface area (TPSA) is 111 Å². The van der Waals surface area contributed by atoms with Crippen LogP contribution in [0.5, 0.6) is 0 Å². The number of amides is 1. The maximum atomic E-state index is 12.0. The number of benzene rings is 1. The summed E-state index contributed by atoms with van der Waals surface area (Å²) in [5.74, 6) is -0.373. The number of nitrogens with two attached hydrogens (primary N) is 1. The van der Waals surface area contributed by atoms with Gasteiger partial charge in [0.05, 0.1) is 4.92 Å². The van der Waals surface area contributed by atoms with Crippen LogP contribution in [0.4, 0.5) is 15.8 Å². The van der Waals surface area contributed by atoms with Crippen LogP contribution in [0.15, 0.2) is 24.4 Å². The van der Waals surface area contributed by atoms with E-state index in [4.69, 9.17) is 5.73 Å². The summed E-state index contributed by atoms with van der Waals surface area (Å²) in [4.78, 5) is 25.7. The van der Waals surface area contributed by atoms with E-state index in [1.165, 1.54) is 0 Å². The van der Waals surface area contributed by atoms with E-state index in [1.54, 1.807) is 25.1 Å². The summed E-state index contributed by atoms with van der Waals surface area (Å²) in [6.45, 7) is 1.76. The van der Waals surface area contributed by atoms with Crippen LogP contribution in [0.1, 0.15) is 15.9 Å². The van der Waals surface area contributed by atoms with Crippen LogP contribution in [0, 0.1) is 17.0 Å². The number of nitro groups is 1. The van der Waals surface area contributed by atoms with Gasteiger partial charge in [-0.1, -0.05) is 0 Å². The SMILES string of the molecule is Cc1cc(N)ccc1C(=O)Nc1ncc([N+](=O)[O-])s1. The second-order valence-electron chi connectivity index (χ2n) is 3.79. The molecule has 3 N–H and O–H groups in total. The molecule has 8 heteroatoms. The third-order valence-electron chi connectivity index (χ3n) is 2.39. The molecule has 0 radical (unpaired) electrons. The smallest absolute Gasteiger partial charge is 0.345 e. The molecule has 2 aromatic rings. The van der Waals surface area contributed by atoms with E-state index in [2.05, 4.69) is 10.3 Å². The Morgan fingerprint density at radius 3 is 2.84 bits per heavy atom. The van der Waals surface area contributed by atoms with Crippen molar-refractivity contribution in [3.63, 3.8) is 0 Å². The van der Waals surface area contributed by atoms with Crippen LogP contribution < -0.4 is 11.1 Å². The van der Waals surface area contributed by atoms with Crippen LogP contribution in [-0.2, 0) is 0 Å². The van der Waals surface area contributed by atoms with E-state index in [0.29, 0.717) is 11.3 Å². The van der Waals surface area contributed by atoms with Gasteiger partial charge in [0.15, 0.2) is 5.13 Å². The standard InChI is InChI=1S/C11H10N4O3S/c1-6-4-7(12)2-3-8(6)10(16)14-11-13-5-9(19-11)15(17)18/h2-5H,12H2,1H3,(H,13,14,16). The quantitative estimate of drug-likeness (QED) is 0.508. The average Bonchev–Trinajstić information content (AvgIpc) is 2.77. The second-order valence-corrected chi connectivity index (χ2v) is 4.80. The summed E-state index contributed by atoms with van der Waals surface area (Å²) in [6, 6.07) is 4.90. The first-order valence-corrected chi connectivity index (χ1v) is 6.06. The van der Waals surface area contributed by atoms with Crippen molar-refractivity contribution in [2.45, 2.75) is 6.92 Å². The van der Waals surface area contributed by atoms with Gasteiger partial charge in [-0.15, -0.1) is 0 Å². The zero-order valence-electron chi connectivity index (χ0n) is 9.91. The summed E-state index contributed by atoms with van der Waals surface area (Å²) in [6.07, 6.45) is 1.11. The first kappa shape index (κ1) is 13.0. The zero-order chi connectivity index (χ0) is 14.0. The molecular weight excluding hydrogens is 268 g/mol. The number of rotatable bonds is 3. The Labute approximate surface area is 112 Å². The Kier molecular flexibility index (Phi) is 3.43. The summed E-state index contributed by atoms with van der Waals surface area (Å²) < 4.78 is 0. The molecule has 0 bridgehead atoms. The fraction of sp³-hybridized carbons (Fsp3) is 0.0909. The highest BCUT2D eigenvalue weighted by Crippen LogP contribution is 2.25. The summed E-state index contributed by atoms with van der Waals surface area (Å²) in [5.41, 5.74) is 7.34. The van der Waals surface area contributed by atoms with Gasteiger partial charge in [-0.2, -0.15) is 0 Å². The molecule has 7 nitrogen and oxygen atoms in total. The largest absolute Gasteiger partial charge is 0.399 e. The van der Waals surface area contributed by atoms with Crippen LogP contribution >= 0.6 is 11.3 Å². The van der Waals surface area contributed by atoms with E-state index in [0.717, 1.165) is 23.1 Å². The number of nitrogen functional groups attached to an aromatic ring is 1. The van der Waals surface area contributed by atoms with Crippen molar-refractivity contribution in [2.24, 2.45) is 0 Å². The van der Waals surface area contributed by atoms with Crippen LogP contribution in [-0.4, -0.2) is 15.8 Å². The fourth-order valence-corrected chi connectivity index (χ4v) is 2.14. The lowest BCUT2D eigenvalue weighted by Crippen LogP contribution is -2.13. The lowest BCUT2D eigenvalue weighted by Gasteiger charge is -2.05. The minimum absolute atomic E-state index is 0.121. The first-order chi connectivity index (χ1) is 8.97. The van der Waals surface area contributed by atoms with Crippen molar-refractivity contribution >= 4 is 33.1 Å². The molecule has 2 rings (SSSR count). The molecule has 0 fully saturated rings. The highest BCUT2D eigenvalue weighted by Gasteiger charge is 2.15. The minimum atomic E-state index is -0.554. The average molecular weight is 278 g/mol. The number of thiazole rings is 1. The number of aromatic nitrogens is 1. The van der Waals surface area contributed by atoms with Gasteiger partial charge < -0.3 is 5.73 Å². The number of hydrogen-bond acceptors (Lipinski definition) is 6. The molecule has 0 saturated carbocycles. The number of carbonyl (C=O) groups is 1. The van der Waals surface area contributed by atoms with Gasteiger partial charge in [-0.05, 0) is 42.0 Å². The van der Waals surface area contributed by atoms with E-state index in [-0.39, 0.29) is 16.0 Å².